The minimum Gasteiger partial charge on any atom is -0.390 e. The molecule has 6 heteroatoms. The van der Waals surface area contributed by atoms with Gasteiger partial charge in [-0.05, 0) is 32.7 Å². The number of likely N-dealkylation sites (N-methyl/N-ethyl adjacent to an activating group) is 1. The van der Waals surface area contributed by atoms with Gasteiger partial charge in [0.15, 0.2) is 0 Å². The van der Waals surface area contributed by atoms with Crippen LogP contribution >= 0.6 is 11.3 Å². The minimum absolute atomic E-state index is 0.308. The molecule has 0 radical (unpaired) electrons. The van der Waals surface area contributed by atoms with Gasteiger partial charge >= 0.3 is 0 Å². The highest BCUT2D eigenvalue weighted by molar-refractivity contribution is 7.11. The minimum atomic E-state index is -0.308. The number of rotatable bonds is 6. The molecule has 3 rings (SSSR count). The standard InChI is InChI=1S/C16H27N3O2S/c1-18(10-13(20)11-19-6-8-21-9-7-19)12-16-17-14-4-2-3-5-15(14)22-16/h13,20H,2-12H2,1H3. The third-order valence-electron chi connectivity index (χ3n) is 4.39. The third kappa shape index (κ3) is 4.49. The lowest BCUT2D eigenvalue weighted by molar-refractivity contribution is 0.00825. The number of morpholine rings is 1. The summed E-state index contributed by atoms with van der Waals surface area (Å²) in [6, 6.07) is 0. The molecule has 0 aromatic carbocycles. The summed E-state index contributed by atoms with van der Waals surface area (Å²) < 4.78 is 5.34. The largest absolute Gasteiger partial charge is 0.390 e. The lowest BCUT2D eigenvalue weighted by Crippen LogP contribution is -2.43. The van der Waals surface area contributed by atoms with E-state index in [2.05, 4.69) is 16.8 Å². The molecule has 2 aliphatic rings. The zero-order chi connectivity index (χ0) is 15.4. The van der Waals surface area contributed by atoms with Crippen LogP contribution in [0.5, 0.6) is 0 Å². The molecule has 1 N–H and O–H groups in total. The van der Waals surface area contributed by atoms with Crippen molar-refractivity contribution in [3.63, 3.8) is 0 Å². The number of thiazole rings is 1. The normalized spacial score (nSPS) is 21.0. The van der Waals surface area contributed by atoms with Crippen LogP contribution in [0.3, 0.4) is 0 Å². The first-order valence-electron chi connectivity index (χ1n) is 8.35. The first-order chi connectivity index (χ1) is 10.7. The second kappa shape index (κ2) is 7.84. The summed E-state index contributed by atoms with van der Waals surface area (Å²) in [4.78, 5) is 10.7. The van der Waals surface area contributed by atoms with Crippen molar-refractivity contribution in [2.24, 2.45) is 0 Å². The maximum Gasteiger partial charge on any atom is 0.107 e. The van der Waals surface area contributed by atoms with E-state index in [1.54, 1.807) is 0 Å². The van der Waals surface area contributed by atoms with Gasteiger partial charge < -0.3 is 9.84 Å². The van der Waals surface area contributed by atoms with Crippen LogP contribution in [0, 0.1) is 0 Å². The lowest BCUT2D eigenvalue weighted by Gasteiger charge is -2.29. The van der Waals surface area contributed by atoms with Crippen molar-refractivity contribution in [2.45, 2.75) is 38.3 Å². The molecule has 1 fully saturated rings. The molecule has 1 aromatic heterocycles. The predicted octanol–water partition coefficient (Wildman–Crippen LogP) is 1.15. The molecule has 1 aliphatic heterocycles. The number of aromatic nitrogens is 1. The highest BCUT2D eigenvalue weighted by Gasteiger charge is 2.18. The van der Waals surface area contributed by atoms with Crippen molar-refractivity contribution < 1.29 is 9.84 Å². The Morgan fingerprint density at radius 1 is 1.32 bits per heavy atom. The first-order valence-corrected chi connectivity index (χ1v) is 9.16. The van der Waals surface area contributed by atoms with E-state index in [0.29, 0.717) is 6.54 Å². The van der Waals surface area contributed by atoms with E-state index in [9.17, 15) is 5.11 Å². The molecule has 1 aromatic rings. The van der Waals surface area contributed by atoms with Crippen LogP contribution in [-0.2, 0) is 24.1 Å². The average Bonchev–Trinajstić information content (AvgIpc) is 2.89. The maximum atomic E-state index is 10.3. The highest BCUT2D eigenvalue weighted by Crippen LogP contribution is 2.27. The molecule has 0 saturated carbocycles. The van der Waals surface area contributed by atoms with Crippen LogP contribution in [0.1, 0.15) is 28.4 Å². The van der Waals surface area contributed by atoms with E-state index in [-0.39, 0.29) is 6.10 Å². The van der Waals surface area contributed by atoms with Gasteiger partial charge in [0.05, 0.1) is 31.6 Å². The number of nitrogens with zero attached hydrogens (tertiary/aromatic N) is 3. The topological polar surface area (TPSA) is 48.8 Å². The summed E-state index contributed by atoms with van der Waals surface area (Å²) in [5, 5.41) is 11.5. The molecule has 5 nitrogen and oxygen atoms in total. The van der Waals surface area contributed by atoms with Crippen LogP contribution in [-0.4, -0.2) is 72.4 Å². The van der Waals surface area contributed by atoms with Gasteiger partial charge in [0, 0.05) is 31.1 Å². The van der Waals surface area contributed by atoms with Gasteiger partial charge in [-0.2, -0.15) is 0 Å². The second-order valence-corrected chi connectivity index (χ2v) is 7.62. The molecule has 0 spiro atoms. The monoisotopic (exact) mass is 325 g/mol. The van der Waals surface area contributed by atoms with Crippen LogP contribution in [0.2, 0.25) is 0 Å². The Morgan fingerprint density at radius 2 is 2.09 bits per heavy atom. The predicted molar refractivity (Wildman–Crippen MR) is 88.4 cm³/mol. The van der Waals surface area contributed by atoms with Gasteiger partial charge in [-0.1, -0.05) is 0 Å². The van der Waals surface area contributed by atoms with Gasteiger partial charge in [-0.15, -0.1) is 11.3 Å². The summed E-state index contributed by atoms with van der Waals surface area (Å²) in [5.74, 6) is 0. The fraction of sp³-hybridized carbons (Fsp3) is 0.812. The summed E-state index contributed by atoms with van der Waals surface area (Å²) in [6.45, 7) is 5.71. The first kappa shape index (κ1) is 16.3. The van der Waals surface area contributed by atoms with Crippen molar-refractivity contribution in [1.82, 2.24) is 14.8 Å². The third-order valence-corrected chi connectivity index (χ3v) is 5.53. The van der Waals surface area contributed by atoms with Gasteiger partial charge in [0.2, 0.25) is 0 Å². The molecule has 22 heavy (non-hydrogen) atoms. The smallest absolute Gasteiger partial charge is 0.107 e. The Bertz CT molecular complexity index is 450. The molecule has 1 atom stereocenters. The molecular weight excluding hydrogens is 298 g/mol. The van der Waals surface area contributed by atoms with E-state index < -0.39 is 0 Å². The van der Waals surface area contributed by atoms with E-state index >= 15 is 0 Å². The van der Waals surface area contributed by atoms with Crippen LogP contribution in [0.15, 0.2) is 0 Å². The van der Waals surface area contributed by atoms with Gasteiger partial charge in [-0.3, -0.25) is 9.80 Å². The highest BCUT2D eigenvalue weighted by atomic mass is 32.1. The lowest BCUT2D eigenvalue weighted by atomic mass is 10.0. The molecule has 1 aliphatic carbocycles. The quantitative estimate of drug-likeness (QED) is 0.850. The van der Waals surface area contributed by atoms with Gasteiger partial charge in [0.1, 0.15) is 5.01 Å². The van der Waals surface area contributed by atoms with E-state index in [1.165, 1.54) is 34.8 Å². The summed E-state index contributed by atoms with van der Waals surface area (Å²) in [6.07, 6.45) is 4.64. The Morgan fingerprint density at radius 3 is 2.86 bits per heavy atom. The van der Waals surface area contributed by atoms with E-state index in [0.717, 1.165) is 45.8 Å². The number of aryl methyl sites for hydroxylation is 2. The maximum absolute atomic E-state index is 10.3. The van der Waals surface area contributed by atoms with Gasteiger partial charge in [-0.25, -0.2) is 4.98 Å². The fourth-order valence-electron chi connectivity index (χ4n) is 3.27. The second-order valence-electron chi connectivity index (χ2n) is 6.45. The molecular formula is C16H27N3O2S. The van der Waals surface area contributed by atoms with Gasteiger partial charge in [0.25, 0.3) is 0 Å². The number of aliphatic hydroxyl groups excluding tert-OH is 1. The Labute approximate surface area is 136 Å². The number of fused-ring (bicyclic) bond motifs is 1. The SMILES string of the molecule is CN(Cc1nc2c(s1)CCCC2)CC(O)CN1CCOCC1. The number of hydrogen-bond acceptors (Lipinski definition) is 6. The number of aliphatic hydroxyl groups is 1. The van der Waals surface area contributed by atoms with Crippen molar-refractivity contribution in [3.8, 4) is 0 Å². The van der Waals surface area contributed by atoms with Crippen LogP contribution < -0.4 is 0 Å². The Balaban J connectivity index is 1.45. The fourth-order valence-corrected chi connectivity index (χ4v) is 4.50. The molecule has 1 saturated heterocycles. The Kier molecular flexibility index (Phi) is 5.82. The number of hydrogen-bond donors (Lipinski definition) is 1. The molecule has 2 heterocycles. The van der Waals surface area contributed by atoms with E-state index in [4.69, 9.17) is 9.72 Å². The van der Waals surface area contributed by atoms with Crippen molar-refractivity contribution in [1.29, 1.82) is 0 Å². The van der Waals surface area contributed by atoms with Crippen LogP contribution in [0.4, 0.5) is 0 Å². The van der Waals surface area contributed by atoms with Crippen molar-refractivity contribution >= 4 is 11.3 Å². The zero-order valence-electron chi connectivity index (χ0n) is 13.5. The van der Waals surface area contributed by atoms with E-state index in [1.807, 2.05) is 11.3 Å². The average molecular weight is 325 g/mol. The van der Waals surface area contributed by atoms with Crippen molar-refractivity contribution in [2.75, 3.05) is 46.4 Å². The molecule has 124 valence electrons. The number of β-amino-alcohol motifs (C(OH)–C–C–N with tert-alkyl or cyclic N) is 1. The summed E-state index contributed by atoms with van der Waals surface area (Å²) >= 11 is 1.87. The molecule has 0 bridgehead atoms. The van der Waals surface area contributed by atoms with Crippen LogP contribution in [0.25, 0.3) is 0 Å². The molecule has 1 unspecified atom stereocenters. The number of ether oxygens (including phenoxy) is 1. The molecule has 0 amide bonds. The van der Waals surface area contributed by atoms with Crippen molar-refractivity contribution in [3.05, 3.63) is 15.6 Å². The Hall–Kier alpha value is -0.530. The summed E-state index contributed by atoms with van der Waals surface area (Å²) in [7, 11) is 2.07. The zero-order valence-corrected chi connectivity index (χ0v) is 14.3. The summed E-state index contributed by atoms with van der Waals surface area (Å²) in [5.41, 5.74) is 1.33.